The Morgan fingerprint density at radius 2 is 2.05 bits per heavy atom. The van der Waals surface area contributed by atoms with Crippen LogP contribution in [0.1, 0.15) is 34.1 Å². The molecule has 0 bridgehead atoms. The quantitative estimate of drug-likeness (QED) is 0.850. The molecule has 1 aromatic heterocycles. The van der Waals surface area contributed by atoms with Crippen molar-refractivity contribution in [3.8, 4) is 6.07 Å². The van der Waals surface area contributed by atoms with Crippen molar-refractivity contribution in [1.29, 1.82) is 5.26 Å². The average Bonchev–Trinajstić information content (AvgIpc) is 2.48. The summed E-state index contributed by atoms with van der Waals surface area (Å²) >= 11 is 0. The largest absolute Gasteiger partial charge is 0.331 e. The minimum absolute atomic E-state index is 0.0197. The molecule has 1 atom stereocenters. The number of hydrogen-bond acceptors (Lipinski definition) is 3. The molecule has 1 saturated heterocycles. The molecular weight excluding hydrogens is 269 g/mol. The molecule has 0 aliphatic carbocycles. The van der Waals surface area contributed by atoms with Crippen LogP contribution in [0.2, 0.25) is 0 Å². The maximum atomic E-state index is 12.9. The van der Waals surface area contributed by atoms with Gasteiger partial charge in [0.25, 0.3) is 5.91 Å². The second-order valence-electron chi connectivity index (χ2n) is 4.90. The van der Waals surface area contributed by atoms with Gasteiger partial charge in [-0.3, -0.25) is 4.79 Å². The lowest BCUT2D eigenvalue weighted by molar-refractivity contribution is 0.0460. The molecule has 0 N–H and O–H groups in total. The van der Waals surface area contributed by atoms with Crippen molar-refractivity contribution >= 4 is 5.91 Å². The van der Waals surface area contributed by atoms with Gasteiger partial charge in [-0.15, -0.1) is 0 Å². The number of benzene rings is 1. The van der Waals surface area contributed by atoms with Crippen LogP contribution in [0.3, 0.4) is 0 Å². The van der Waals surface area contributed by atoms with Gasteiger partial charge in [-0.2, -0.15) is 5.26 Å². The smallest absolute Gasteiger partial charge is 0.255 e. The van der Waals surface area contributed by atoms with Crippen molar-refractivity contribution in [2.24, 2.45) is 0 Å². The maximum absolute atomic E-state index is 12.9. The van der Waals surface area contributed by atoms with E-state index in [1.807, 2.05) is 6.07 Å². The van der Waals surface area contributed by atoms with Gasteiger partial charge in [0.15, 0.2) is 0 Å². The Labute approximate surface area is 121 Å². The summed E-state index contributed by atoms with van der Waals surface area (Å²) in [5, 5.41) is 8.71. The van der Waals surface area contributed by atoms with Crippen molar-refractivity contribution in [2.75, 3.05) is 6.54 Å². The topological polar surface area (TPSA) is 57.0 Å². The standard InChI is InChI=1S/C16H12FN3O/c17-13-4-1-11(2-5-13)15-7-8-20(15)16(21)12-3-6-14(9-18)19-10-12/h1-6,10,15H,7-8H2. The summed E-state index contributed by atoms with van der Waals surface area (Å²) in [6, 6.07) is 11.2. The van der Waals surface area contributed by atoms with Crippen LogP contribution in [0, 0.1) is 17.1 Å². The molecule has 0 spiro atoms. The van der Waals surface area contributed by atoms with E-state index in [9.17, 15) is 9.18 Å². The molecule has 2 aromatic rings. The molecule has 4 nitrogen and oxygen atoms in total. The number of amides is 1. The van der Waals surface area contributed by atoms with Crippen molar-refractivity contribution in [3.63, 3.8) is 0 Å². The highest BCUT2D eigenvalue weighted by Gasteiger charge is 2.33. The van der Waals surface area contributed by atoms with E-state index in [-0.39, 0.29) is 23.5 Å². The molecule has 1 amide bonds. The van der Waals surface area contributed by atoms with Crippen LogP contribution in [-0.4, -0.2) is 22.3 Å². The van der Waals surface area contributed by atoms with E-state index in [4.69, 9.17) is 5.26 Å². The lowest BCUT2D eigenvalue weighted by Gasteiger charge is -2.41. The van der Waals surface area contributed by atoms with E-state index in [0.29, 0.717) is 12.1 Å². The minimum Gasteiger partial charge on any atom is -0.331 e. The Balaban J connectivity index is 1.78. The fraction of sp³-hybridized carbons (Fsp3) is 0.188. The highest BCUT2D eigenvalue weighted by molar-refractivity contribution is 5.94. The van der Waals surface area contributed by atoms with Crippen LogP contribution in [-0.2, 0) is 0 Å². The van der Waals surface area contributed by atoms with Gasteiger partial charge in [0, 0.05) is 12.7 Å². The number of aromatic nitrogens is 1. The second kappa shape index (κ2) is 5.33. The maximum Gasteiger partial charge on any atom is 0.255 e. The summed E-state index contributed by atoms with van der Waals surface area (Å²) in [6.45, 7) is 0.668. The number of carbonyl (C=O) groups is 1. The number of carbonyl (C=O) groups excluding carboxylic acids is 1. The average molecular weight is 281 g/mol. The first kappa shape index (κ1) is 13.3. The molecule has 3 rings (SSSR count). The second-order valence-corrected chi connectivity index (χ2v) is 4.90. The number of pyridine rings is 1. The zero-order chi connectivity index (χ0) is 14.8. The number of likely N-dealkylation sites (tertiary alicyclic amines) is 1. The molecule has 5 heteroatoms. The van der Waals surface area contributed by atoms with Crippen LogP contribution in [0.4, 0.5) is 4.39 Å². The molecule has 1 aliphatic heterocycles. The van der Waals surface area contributed by atoms with Crippen LogP contribution >= 0.6 is 0 Å². The number of nitriles is 1. The number of rotatable bonds is 2. The van der Waals surface area contributed by atoms with E-state index in [1.54, 1.807) is 23.1 Å². The molecular formula is C16H12FN3O. The predicted molar refractivity (Wildman–Crippen MR) is 73.7 cm³/mol. The van der Waals surface area contributed by atoms with E-state index >= 15 is 0 Å². The van der Waals surface area contributed by atoms with Gasteiger partial charge in [0.05, 0.1) is 11.6 Å². The Bertz CT molecular complexity index is 704. The molecule has 0 saturated carbocycles. The highest BCUT2D eigenvalue weighted by atomic mass is 19.1. The number of hydrogen-bond donors (Lipinski definition) is 0. The first-order valence-corrected chi connectivity index (χ1v) is 6.61. The Kier molecular flexibility index (Phi) is 3.36. The minimum atomic E-state index is -0.285. The van der Waals surface area contributed by atoms with Gasteiger partial charge >= 0.3 is 0 Å². The van der Waals surface area contributed by atoms with Crippen molar-refractivity contribution in [3.05, 3.63) is 65.2 Å². The number of nitrogens with zero attached hydrogens (tertiary/aromatic N) is 3. The van der Waals surface area contributed by atoms with Crippen LogP contribution in [0.25, 0.3) is 0 Å². The third-order valence-electron chi connectivity index (χ3n) is 3.66. The monoisotopic (exact) mass is 281 g/mol. The van der Waals surface area contributed by atoms with Gasteiger partial charge in [-0.25, -0.2) is 9.37 Å². The summed E-state index contributed by atoms with van der Waals surface area (Å²) in [6.07, 6.45) is 2.28. The fourth-order valence-corrected chi connectivity index (χ4v) is 2.41. The zero-order valence-corrected chi connectivity index (χ0v) is 11.2. The first-order chi connectivity index (χ1) is 10.2. The van der Waals surface area contributed by atoms with Crippen molar-refractivity contribution in [1.82, 2.24) is 9.88 Å². The third-order valence-corrected chi connectivity index (χ3v) is 3.66. The molecule has 2 heterocycles. The fourth-order valence-electron chi connectivity index (χ4n) is 2.41. The zero-order valence-electron chi connectivity index (χ0n) is 11.2. The third kappa shape index (κ3) is 2.48. The van der Waals surface area contributed by atoms with Crippen LogP contribution < -0.4 is 0 Å². The van der Waals surface area contributed by atoms with Crippen LogP contribution in [0.5, 0.6) is 0 Å². The molecule has 104 valence electrons. The van der Waals surface area contributed by atoms with E-state index in [0.717, 1.165) is 12.0 Å². The van der Waals surface area contributed by atoms with E-state index in [1.165, 1.54) is 24.4 Å². The summed E-state index contributed by atoms with van der Waals surface area (Å²) in [7, 11) is 0. The van der Waals surface area contributed by atoms with E-state index in [2.05, 4.69) is 4.98 Å². The Morgan fingerprint density at radius 3 is 2.57 bits per heavy atom. The molecule has 1 aliphatic rings. The summed E-state index contributed by atoms with van der Waals surface area (Å²) in [4.78, 5) is 18.0. The lowest BCUT2D eigenvalue weighted by Crippen LogP contribution is -2.45. The van der Waals surface area contributed by atoms with E-state index < -0.39 is 0 Å². The molecule has 0 radical (unpaired) electrons. The van der Waals surface area contributed by atoms with Gasteiger partial charge in [-0.05, 0) is 36.2 Å². The summed E-state index contributed by atoms with van der Waals surface area (Å²) < 4.78 is 12.9. The molecule has 21 heavy (non-hydrogen) atoms. The molecule has 1 aromatic carbocycles. The number of halogens is 1. The Morgan fingerprint density at radius 1 is 1.29 bits per heavy atom. The first-order valence-electron chi connectivity index (χ1n) is 6.61. The van der Waals surface area contributed by atoms with Gasteiger partial charge < -0.3 is 4.90 Å². The predicted octanol–water partition coefficient (Wildman–Crippen LogP) is 2.68. The van der Waals surface area contributed by atoms with Gasteiger partial charge in [0.1, 0.15) is 17.6 Å². The Hall–Kier alpha value is -2.74. The highest BCUT2D eigenvalue weighted by Crippen LogP contribution is 2.34. The summed E-state index contributed by atoms with van der Waals surface area (Å²) in [5.74, 6) is -0.403. The van der Waals surface area contributed by atoms with Gasteiger partial charge in [0.2, 0.25) is 0 Å². The van der Waals surface area contributed by atoms with Crippen molar-refractivity contribution in [2.45, 2.75) is 12.5 Å². The summed E-state index contributed by atoms with van der Waals surface area (Å²) in [5.41, 5.74) is 1.67. The SMILES string of the molecule is N#Cc1ccc(C(=O)N2CCC2c2ccc(F)cc2)cn1. The molecule has 1 unspecified atom stereocenters. The lowest BCUT2D eigenvalue weighted by atomic mass is 9.94. The normalized spacial score (nSPS) is 17.0. The molecule has 1 fully saturated rings. The van der Waals surface area contributed by atoms with Crippen molar-refractivity contribution < 1.29 is 9.18 Å². The van der Waals surface area contributed by atoms with Crippen LogP contribution in [0.15, 0.2) is 42.6 Å². The van der Waals surface area contributed by atoms with Gasteiger partial charge in [-0.1, -0.05) is 12.1 Å².